The van der Waals surface area contributed by atoms with Crippen LogP contribution in [0.2, 0.25) is 0 Å². The zero-order valence-corrected chi connectivity index (χ0v) is 13.5. The van der Waals surface area contributed by atoms with Crippen molar-refractivity contribution >= 4 is 33.2 Å². The lowest BCUT2D eigenvalue weighted by molar-refractivity contribution is 0.0697. The number of rotatable bonds is 4. The molecule has 19 heavy (non-hydrogen) atoms. The molecular formula is C13H18BrNO3S. The molecule has 2 atom stereocenters. The van der Waals surface area contributed by atoms with Gasteiger partial charge in [0.1, 0.15) is 9.54 Å². The average molecular weight is 348 g/mol. The number of nitrogens with zero attached hydrogens (tertiary/aromatic N) is 1. The van der Waals surface area contributed by atoms with E-state index in [9.17, 15) is 9.90 Å². The molecular weight excluding hydrogens is 330 g/mol. The predicted molar refractivity (Wildman–Crippen MR) is 78.9 cm³/mol. The van der Waals surface area contributed by atoms with Crippen LogP contribution in [0.1, 0.15) is 28.9 Å². The lowest BCUT2D eigenvalue weighted by Gasteiger charge is -2.22. The van der Waals surface area contributed by atoms with E-state index >= 15 is 0 Å². The lowest BCUT2D eigenvalue weighted by Crippen LogP contribution is -2.34. The van der Waals surface area contributed by atoms with E-state index in [1.165, 1.54) is 11.3 Å². The molecule has 6 heteroatoms. The van der Waals surface area contributed by atoms with E-state index in [2.05, 4.69) is 15.9 Å². The minimum Gasteiger partial charge on any atom is -0.495 e. The first kappa shape index (κ1) is 14.8. The maximum Gasteiger partial charge on any atom is 0.263 e. The van der Waals surface area contributed by atoms with Crippen molar-refractivity contribution in [1.82, 2.24) is 4.90 Å². The lowest BCUT2D eigenvalue weighted by atomic mass is 10.1. The third kappa shape index (κ3) is 3.30. The zero-order valence-electron chi connectivity index (χ0n) is 11.1. The van der Waals surface area contributed by atoms with Crippen LogP contribution in [0.25, 0.3) is 0 Å². The van der Waals surface area contributed by atoms with Crippen molar-refractivity contribution in [2.24, 2.45) is 5.92 Å². The van der Waals surface area contributed by atoms with Gasteiger partial charge < -0.3 is 14.7 Å². The van der Waals surface area contributed by atoms with Crippen molar-refractivity contribution in [2.45, 2.75) is 25.4 Å². The van der Waals surface area contributed by atoms with Gasteiger partial charge in [0.05, 0.1) is 18.1 Å². The van der Waals surface area contributed by atoms with Crippen LogP contribution in [0.3, 0.4) is 0 Å². The highest BCUT2D eigenvalue weighted by Gasteiger charge is 2.28. The van der Waals surface area contributed by atoms with Crippen LogP contribution in [0.5, 0.6) is 5.75 Å². The van der Waals surface area contributed by atoms with E-state index in [0.717, 1.165) is 23.0 Å². The number of aliphatic hydroxyl groups is 1. The summed E-state index contributed by atoms with van der Waals surface area (Å²) in [5.74, 6) is 0.870. The number of thiophene rings is 1. The second-order valence-corrected chi connectivity index (χ2v) is 7.27. The van der Waals surface area contributed by atoms with Crippen LogP contribution in [0.15, 0.2) is 9.85 Å². The van der Waals surface area contributed by atoms with Crippen LogP contribution in [-0.4, -0.2) is 42.7 Å². The number of ether oxygens (including phenoxy) is 1. The second-order valence-electron chi connectivity index (χ2n) is 4.90. The Morgan fingerprint density at radius 3 is 2.89 bits per heavy atom. The molecule has 0 aliphatic heterocycles. The van der Waals surface area contributed by atoms with Gasteiger partial charge in [-0.2, -0.15) is 0 Å². The summed E-state index contributed by atoms with van der Waals surface area (Å²) in [6, 6.07) is 1.75. The van der Waals surface area contributed by atoms with Crippen LogP contribution in [0, 0.1) is 5.92 Å². The Balaban J connectivity index is 2.01. The Hall–Kier alpha value is -0.590. The molecule has 1 fully saturated rings. The summed E-state index contributed by atoms with van der Waals surface area (Å²) in [4.78, 5) is 14.6. The number of hydrogen-bond donors (Lipinski definition) is 1. The molecule has 1 saturated carbocycles. The molecule has 1 N–H and O–H groups in total. The maximum absolute atomic E-state index is 12.3. The highest BCUT2D eigenvalue weighted by Crippen LogP contribution is 2.35. The smallest absolute Gasteiger partial charge is 0.263 e. The number of amides is 1. The van der Waals surface area contributed by atoms with Crippen molar-refractivity contribution in [3.63, 3.8) is 0 Å². The topological polar surface area (TPSA) is 49.8 Å². The van der Waals surface area contributed by atoms with Crippen molar-refractivity contribution in [1.29, 1.82) is 0 Å². The van der Waals surface area contributed by atoms with Gasteiger partial charge in [0, 0.05) is 25.6 Å². The van der Waals surface area contributed by atoms with Gasteiger partial charge in [0.25, 0.3) is 5.91 Å². The molecule has 1 aromatic heterocycles. The highest BCUT2D eigenvalue weighted by molar-refractivity contribution is 9.11. The van der Waals surface area contributed by atoms with Gasteiger partial charge in [-0.1, -0.05) is 6.42 Å². The maximum atomic E-state index is 12.3. The summed E-state index contributed by atoms with van der Waals surface area (Å²) in [6.45, 7) is 0.609. The number of carbonyl (C=O) groups excluding carboxylic acids is 1. The van der Waals surface area contributed by atoms with Gasteiger partial charge >= 0.3 is 0 Å². The molecule has 0 aromatic carbocycles. The van der Waals surface area contributed by atoms with E-state index in [4.69, 9.17) is 4.74 Å². The third-order valence-corrected chi connectivity index (χ3v) is 5.33. The van der Waals surface area contributed by atoms with Gasteiger partial charge in [-0.25, -0.2) is 0 Å². The number of methoxy groups -OCH3 is 1. The molecule has 2 rings (SSSR count). The SMILES string of the molecule is COc1cc(C(=O)N(C)CC2CCCC2O)sc1Br. The van der Waals surface area contributed by atoms with Gasteiger partial charge in [-0.15, -0.1) is 11.3 Å². The van der Waals surface area contributed by atoms with Crippen molar-refractivity contribution in [2.75, 3.05) is 20.7 Å². The van der Waals surface area contributed by atoms with Crippen molar-refractivity contribution in [3.8, 4) is 5.75 Å². The number of aliphatic hydroxyl groups excluding tert-OH is 1. The number of halogens is 1. The van der Waals surface area contributed by atoms with Gasteiger partial charge in [-0.3, -0.25) is 4.79 Å². The molecule has 0 spiro atoms. The Bertz CT molecular complexity index is 463. The minimum atomic E-state index is -0.264. The molecule has 0 radical (unpaired) electrons. The average Bonchev–Trinajstić information content (AvgIpc) is 2.95. The standard InChI is InChI=1S/C13H18BrNO3S/c1-15(7-8-4-3-5-9(8)16)13(17)11-6-10(18-2)12(14)19-11/h6,8-9,16H,3-5,7H2,1-2H3. The summed E-state index contributed by atoms with van der Waals surface area (Å²) in [7, 11) is 3.37. The van der Waals surface area contributed by atoms with Crippen molar-refractivity contribution < 1.29 is 14.6 Å². The number of hydrogen-bond acceptors (Lipinski definition) is 4. The van der Waals surface area contributed by atoms with Crippen LogP contribution in [0.4, 0.5) is 0 Å². The molecule has 1 aromatic rings. The molecule has 1 heterocycles. The van der Waals surface area contributed by atoms with Crippen molar-refractivity contribution in [3.05, 3.63) is 14.7 Å². The summed E-state index contributed by atoms with van der Waals surface area (Å²) in [5, 5.41) is 9.81. The van der Waals surface area contributed by atoms with E-state index in [0.29, 0.717) is 17.2 Å². The normalized spacial score (nSPS) is 22.5. The zero-order chi connectivity index (χ0) is 14.0. The molecule has 1 aliphatic rings. The Morgan fingerprint density at radius 2 is 2.37 bits per heavy atom. The second kappa shape index (κ2) is 6.24. The largest absolute Gasteiger partial charge is 0.495 e. The molecule has 2 unspecified atom stereocenters. The first-order valence-corrected chi connectivity index (χ1v) is 7.90. The Morgan fingerprint density at radius 1 is 1.63 bits per heavy atom. The molecule has 0 saturated heterocycles. The molecule has 4 nitrogen and oxygen atoms in total. The molecule has 1 aliphatic carbocycles. The Labute approximate surface area is 125 Å². The van der Waals surface area contributed by atoms with Crippen LogP contribution >= 0.6 is 27.3 Å². The van der Waals surface area contributed by atoms with Gasteiger partial charge in [-0.05, 0) is 28.8 Å². The fourth-order valence-corrected chi connectivity index (χ4v) is 4.09. The summed E-state index contributed by atoms with van der Waals surface area (Å²) in [5.41, 5.74) is 0. The third-order valence-electron chi connectivity index (χ3n) is 3.56. The monoisotopic (exact) mass is 347 g/mol. The summed E-state index contributed by atoms with van der Waals surface area (Å²) in [6.07, 6.45) is 2.63. The van der Waals surface area contributed by atoms with Gasteiger partial charge in [0.2, 0.25) is 0 Å². The fourth-order valence-electron chi connectivity index (χ4n) is 2.45. The fraction of sp³-hybridized carbons (Fsp3) is 0.615. The van der Waals surface area contributed by atoms with E-state index < -0.39 is 0 Å². The number of carbonyl (C=O) groups is 1. The quantitative estimate of drug-likeness (QED) is 0.910. The van der Waals surface area contributed by atoms with Crippen LogP contribution < -0.4 is 4.74 Å². The predicted octanol–water partition coefficient (Wildman–Crippen LogP) is 2.75. The van der Waals surface area contributed by atoms with Crippen LogP contribution in [-0.2, 0) is 0 Å². The minimum absolute atomic E-state index is 0.0203. The summed E-state index contributed by atoms with van der Waals surface area (Å²) >= 11 is 4.75. The molecule has 0 bridgehead atoms. The van der Waals surface area contributed by atoms with E-state index in [1.54, 1.807) is 25.1 Å². The highest BCUT2D eigenvalue weighted by atomic mass is 79.9. The van der Waals surface area contributed by atoms with E-state index in [1.807, 2.05) is 0 Å². The molecule has 1 amide bonds. The Kier molecular flexibility index (Phi) is 4.86. The summed E-state index contributed by atoms with van der Waals surface area (Å²) < 4.78 is 5.99. The molecule has 106 valence electrons. The van der Waals surface area contributed by atoms with Gasteiger partial charge in [0.15, 0.2) is 0 Å². The first-order valence-electron chi connectivity index (χ1n) is 6.29. The first-order chi connectivity index (χ1) is 9.02. The van der Waals surface area contributed by atoms with E-state index in [-0.39, 0.29) is 17.9 Å².